The van der Waals surface area contributed by atoms with Crippen LogP contribution >= 0.6 is 0 Å². The van der Waals surface area contributed by atoms with E-state index in [1.165, 1.54) is 5.56 Å². The zero-order valence-corrected chi connectivity index (χ0v) is 16.0. The number of carbonyl (C=O) groups is 2. The van der Waals surface area contributed by atoms with Gasteiger partial charge in [0.05, 0.1) is 18.8 Å². The lowest BCUT2D eigenvalue weighted by atomic mass is 9.88. The molecule has 154 valence electrons. The maximum Gasteiger partial charge on any atom is 0.279 e. The highest BCUT2D eigenvalue weighted by Gasteiger charge is 2.23. The minimum Gasteiger partial charge on any atom is -0.344 e. The van der Waals surface area contributed by atoms with Crippen molar-refractivity contribution >= 4 is 17.5 Å². The third kappa shape index (κ3) is 5.14. The summed E-state index contributed by atoms with van der Waals surface area (Å²) in [6.07, 6.45) is 2.85. The van der Waals surface area contributed by atoms with E-state index in [0.717, 1.165) is 37.0 Å². The van der Waals surface area contributed by atoms with Crippen LogP contribution in [0.25, 0.3) is 0 Å². The van der Waals surface area contributed by atoms with Gasteiger partial charge < -0.3 is 15.5 Å². The number of hydrogen-bond donors (Lipinski definition) is 3. The molecule has 1 unspecified atom stereocenters. The first kappa shape index (κ1) is 20.9. The summed E-state index contributed by atoms with van der Waals surface area (Å²) in [7, 11) is 1.65. The van der Waals surface area contributed by atoms with Crippen LogP contribution in [-0.4, -0.2) is 32.0 Å². The lowest BCUT2D eigenvalue weighted by Gasteiger charge is -2.26. The molecule has 1 aliphatic carbocycles. The number of rotatable bonds is 6. The number of nitrogens with one attached hydrogen (secondary N) is 3. The van der Waals surface area contributed by atoms with Crippen LogP contribution in [0.5, 0.6) is 0 Å². The fourth-order valence-electron chi connectivity index (χ4n) is 3.58. The zero-order valence-electron chi connectivity index (χ0n) is 16.0. The fourth-order valence-corrected chi connectivity index (χ4v) is 3.58. The molecule has 2 aromatic rings. The molecule has 5 nitrogen and oxygen atoms in total. The number of quaternary nitrogens is 1. The number of amides is 2. The number of aryl methyl sites for hydroxylation is 1. The average molecular weight is 406 g/mol. The molecule has 29 heavy (non-hydrogen) atoms. The van der Waals surface area contributed by atoms with Crippen LogP contribution in [0.15, 0.2) is 36.4 Å². The van der Waals surface area contributed by atoms with E-state index in [1.54, 1.807) is 7.05 Å². The minimum atomic E-state index is -1.64. The Bertz CT molecular complexity index is 920. The summed E-state index contributed by atoms with van der Waals surface area (Å²) in [6.45, 7) is -0.0839. The first-order valence-electron chi connectivity index (χ1n) is 9.47. The Morgan fingerprint density at radius 2 is 1.76 bits per heavy atom. The number of hydrogen-bond acceptors (Lipinski definition) is 2. The largest absolute Gasteiger partial charge is 0.344 e. The number of anilines is 1. The second kappa shape index (κ2) is 9.09. The van der Waals surface area contributed by atoms with Crippen molar-refractivity contribution in [2.45, 2.75) is 25.3 Å². The van der Waals surface area contributed by atoms with Gasteiger partial charge in [0.15, 0.2) is 30.5 Å². The van der Waals surface area contributed by atoms with Crippen molar-refractivity contribution in [2.24, 2.45) is 0 Å². The molecule has 0 bridgehead atoms. The van der Waals surface area contributed by atoms with Gasteiger partial charge in [-0.05, 0) is 42.5 Å². The van der Waals surface area contributed by atoms with E-state index in [4.69, 9.17) is 0 Å². The van der Waals surface area contributed by atoms with Crippen LogP contribution in [0.3, 0.4) is 0 Å². The molecular formula is C21H23F3N3O2+. The van der Waals surface area contributed by atoms with Crippen LogP contribution in [0.4, 0.5) is 18.9 Å². The Hall–Kier alpha value is -2.87. The topological polar surface area (TPSA) is 62.6 Å². The number of fused-ring (bicyclic) bond motifs is 1. The zero-order chi connectivity index (χ0) is 21.0. The summed E-state index contributed by atoms with van der Waals surface area (Å²) in [5.74, 6) is -5.23. The highest BCUT2D eigenvalue weighted by Crippen LogP contribution is 2.29. The SMILES string of the molecule is C[NH+](CC(=O)Nc1ccc(F)c(F)c1F)CC(=O)N[C@H]1CCCc2ccccc21. The Morgan fingerprint density at radius 3 is 2.55 bits per heavy atom. The normalized spacial score (nSPS) is 16.6. The number of benzene rings is 2. The predicted octanol–water partition coefficient (Wildman–Crippen LogP) is 1.75. The number of halogens is 3. The summed E-state index contributed by atoms with van der Waals surface area (Å²) in [4.78, 5) is 25.0. The summed E-state index contributed by atoms with van der Waals surface area (Å²) in [5.41, 5.74) is 1.92. The Kier molecular flexibility index (Phi) is 6.53. The molecule has 0 heterocycles. The first-order chi connectivity index (χ1) is 13.8. The van der Waals surface area contributed by atoms with Crippen molar-refractivity contribution in [1.82, 2.24) is 5.32 Å². The lowest BCUT2D eigenvalue weighted by molar-refractivity contribution is -0.862. The van der Waals surface area contributed by atoms with E-state index in [0.29, 0.717) is 4.90 Å². The second-order valence-electron chi connectivity index (χ2n) is 7.29. The van der Waals surface area contributed by atoms with Crippen LogP contribution in [0.2, 0.25) is 0 Å². The highest BCUT2D eigenvalue weighted by molar-refractivity contribution is 5.91. The molecule has 2 amide bonds. The molecular weight excluding hydrogens is 383 g/mol. The van der Waals surface area contributed by atoms with E-state index in [-0.39, 0.29) is 25.0 Å². The first-order valence-corrected chi connectivity index (χ1v) is 9.47. The molecule has 0 saturated carbocycles. The standard InChI is InChI=1S/C21H22F3N3O2/c1-27(12-19(29)26-17-10-9-15(22)20(23)21(17)24)11-18(28)25-16-8-4-6-13-5-2-3-7-14(13)16/h2-3,5,7,9-10,16H,4,6,8,11-12H2,1H3,(H,25,28)(H,26,29)/p+1/t16-/m0/s1. The maximum absolute atomic E-state index is 13.7. The van der Waals surface area contributed by atoms with Gasteiger partial charge in [-0.2, -0.15) is 0 Å². The monoisotopic (exact) mass is 406 g/mol. The summed E-state index contributed by atoms with van der Waals surface area (Å²) < 4.78 is 39.9. The van der Waals surface area contributed by atoms with Gasteiger partial charge in [0.1, 0.15) is 0 Å². The van der Waals surface area contributed by atoms with Gasteiger partial charge in [0.25, 0.3) is 11.8 Å². The molecule has 0 saturated heterocycles. The summed E-state index contributed by atoms with van der Waals surface area (Å²) >= 11 is 0. The summed E-state index contributed by atoms with van der Waals surface area (Å²) in [6, 6.07) is 9.64. The van der Waals surface area contributed by atoms with Crippen molar-refractivity contribution < 1.29 is 27.7 Å². The van der Waals surface area contributed by atoms with Crippen LogP contribution in [0.1, 0.15) is 30.0 Å². The van der Waals surface area contributed by atoms with Crippen molar-refractivity contribution in [1.29, 1.82) is 0 Å². The van der Waals surface area contributed by atoms with E-state index in [9.17, 15) is 22.8 Å². The van der Waals surface area contributed by atoms with Gasteiger partial charge in [-0.15, -0.1) is 0 Å². The van der Waals surface area contributed by atoms with E-state index in [2.05, 4.69) is 16.7 Å². The van der Waals surface area contributed by atoms with Crippen LogP contribution < -0.4 is 15.5 Å². The Morgan fingerprint density at radius 1 is 1.03 bits per heavy atom. The fraction of sp³-hybridized carbons (Fsp3) is 0.333. The third-order valence-electron chi connectivity index (χ3n) is 4.94. The third-order valence-corrected chi connectivity index (χ3v) is 4.94. The second-order valence-corrected chi connectivity index (χ2v) is 7.29. The van der Waals surface area contributed by atoms with Gasteiger partial charge in [-0.25, -0.2) is 13.2 Å². The van der Waals surface area contributed by atoms with E-state index >= 15 is 0 Å². The number of carbonyl (C=O) groups excluding carboxylic acids is 2. The smallest absolute Gasteiger partial charge is 0.279 e. The number of likely N-dealkylation sites (N-methyl/N-ethyl adjacent to an activating group) is 1. The van der Waals surface area contributed by atoms with Crippen molar-refractivity contribution in [3.8, 4) is 0 Å². The van der Waals surface area contributed by atoms with Crippen molar-refractivity contribution in [3.63, 3.8) is 0 Å². The maximum atomic E-state index is 13.7. The van der Waals surface area contributed by atoms with Gasteiger partial charge in [0, 0.05) is 0 Å². The minimum absolute atomic E-state index is 0.0480. The predicted molar refractivity (Wildman–Crippen MR) is 102 cm³/mol. The molecule has 0 spiro atoms. The molecule has 0 aliphatic heterocycles. The molecule has 3 N–H and O–H groups in total. The molecule has 3 rings (SSSR count). The molecule has 8 heteroatoms. The quantitative estimate of drug-likeness (QED) is 0.640. The average Bonchev–Trinajstić information content (AvgIpc) is 2.68. The molecule has 1 aliphatic rings. The summed E-state index contributed by atoms with van der Waals surface area (Å²) in [5, 5.41) is 5.21. The van der Waals surface area contributed by atoms with Gasteiger partial charge in [-0.1, -0.05) is 24.3 Å². The van der Waals surface area contributed by atoms with Crippen molar-refractivity contribution in [3.05, 3.63) is 65.0 Å². The van der Waals surface area contributed by atoms with Gasteiger partial charge in [0.2, 0.25) is 0 Å². The molecule has 0 radical (unpaired) electrons. The molecule has 2 atom stereocenters. The van der Waals surface area contributed by atoms with E-state index in [1.807, 2.05) is 18.2 Å². The van der Waals surface area contributed by atoms with Crippen molar-refractivity contribution in [2.75, 3.05) is 25.5 Å². The molecule has 2 aromatic carbocycles. The molecule has 0 fully saturated rings. The highest BCUT2D eigenvalue weighted by atomic mass is 19.2. The van der Waals surface area contributed by atoms with Crippen LogP contribution in [-0.2, 0) is 16.0 Å². The molecule has 0 aromatic heterocycles. The Balaban J connectivity index is 1.52. The van der Waals surface area contributed by atoms with Gasteiger partial charge >= 0.3 is 0 Å². The van der Waals surface area contributed by atoms with E-state index < -0.39 is 29.0 Å². The van der Waals surface area contributed by atoms with Crippen LogP contribution in [0, 0.1) is 17.5 Å². The lowest BCUT2D eigenvalue weighted by Crippen LogP contribution is -3.11. The Labute approximate surface area is 166 Å². The van der Waals surface area contributed by atoms with Gasteiger partial charge in [-0.3, -0.25) is 9.59 Å².